The largest absolute Gasteiger partial charge is 0.311 e. The topological polar surface area (TPSA) is 3.24 Å². The fraction of sp³-hybridized carbons (Fsp3) is 0. The van der Waals surface area contributed by atoms with Gasteiger partial charge in [0.05, 0.1) is 0 Å². The zero-order chi connectivity index (χ0) is 36.8. The van der Waals surface area contributed by atoms with Crippen molar-refractivity contribution in [3.63, 3.8) is 0 Å². The van der Waals surface area contributed by atoms with Gasteiger partial charge in [-0.05, 0) is 103 Å². The standard InChI is InChI=1S/C54H39N/c1-4-16-40(17-5-1)41-28-34-46(35-29-41)55(47-36-30-44(31-37-47)50-23-11-10-22-49(50)42-18-6-2-7-19-42)48-38-32-45(33-39-48)52-25-13-15-27-54(52)53-26-14-12-24-51(53)43-20-8-3-9-21-43/h1-39H. The van der Waals surface area contributed by atoms with Crippen LogP contribution in [0, 0.1) is 0 Å². The molecule has 1 nitrogen and oxygen atoms in total. The van der Waals surface area contributed by atoms with Crippen molar-refractivity contribution in [3.8, 4) is 66.8 Å². The van der Waals surface area contributed by atoms with Crippen molar-refractivity contribution in [3.05, 3.63) is 237 Å². The molecular weight excluding hydrogens is 663 g/mol. The molecule has 1 heteroatoms. The van der Waals surface area contributed by atoms with Crippen LogP contribution in [0.4, 0.5) is 17.1 Å². The van der Waals surface area contributed by atoms with E-state index in [1.54, 1.807) is 0 Å². The Morgan fingerprint density at radius 3 is 0.727 bits per heavy atom. The number of nitrogens with zero attached hydrogens (tertiary/aromatic N) is 1. The number of rotatable bonds is 9. The van der Waals surface area contributed by atoms with E-state index in [0.29, 0.717) is 0 Å². The summed E-state index contributed by atoms with van der Waals surface area (Å²) >= 11 is 0. The van der Waals surface area contributed by atoms with Gasteiger partial charge in [0, 0.05) is 17.1 Å². The maximum absolute atomic E-state index is 2.35. The summed E-state index contributed by atoms with van der Waals surface area (Å²) in [6.07, 6.45) is 0. The van der Waals surface area contributed by atoms with E-state index in [4.69, 9.17) is 0 Å². The molecule has 9 aromatic carbocycles. The Bertz CT molecular complexity index is 2640. The Morgan fingerprint density at radius 2 is 0.382 bits per heavy atom. The molecule has 0 spiro atoms. The van der Waals surface area contributed by atoms with Crippen LogP contribution < -0.4 is 4.90 Å². The Hall–Kier alpha value is -7.22. The SMILES string of the molecule is c1ccc(-c2ccc(N(c3ccc(-c4ccccc4-c4ccccc4)cc3)c3ccc(-c4ccccc4-c4ccccc4-c4ccccc4)cc3)cc2)cc1. The van der Waals surface area contributed by atoms with E-state index in [-0.39, 0.29) is 0 Å². The second-order valence-electron chi connectivity index (χ2n) is 13.7. The van der Waals surface area contributed by atoms with Gasteiger partial charge >= 0.3 is 0 Å². The van der Waals surface area contributed by atoms with Crippen LogP contribution in [-0.2, 0) is 0 Å². The number of hydrogen-bond donors (Lipinski definition) is 0. The lowest BCUT2D eigenvalue weighted by molar-refractivity contribution is 1.28. The highest BCUT2D eigenvalue weighted by atomic mass is 15.1. The van der Waals surface area contributed by atoms with Crippen LogP contribution in [0.2, 0.25) is 0 Å². The van der Waals surface area contributed by atoms with Gasteiger partial charge in [-0.2, -0.15) is 0 Å². The second kappa shape index (κ2) is 15.4. The molecule has 0 unspecified atom stereocenters. The first-order valence-electron chi connectivity index (χ1n) is 18.8. The lowest BCUT2D eigenvalue weighted by atomic mass is 9.89. The minimum absolute atomic E-state index is 1.09. The van der Waals surface area contributed by atoms with Crippen LogP contribution in [0.25, 0.3) is 66.8 Å². The van der Waals surface area contributed by atoms with Gasteiger partial charge in [0.2, 0.25) is 0 Å². The number of anilines is 3. The number of benzene rings is 9. The molecule has 0 fully saturated rings. The minimum Gasteiger partial charge on any atom is -0.311 e. The molecule has 0 heterocycles. The summed E-state index contributed by atoms with van der Waals surface area (Å²) in [4.78, 5) is 2.35. The van der Waals surface area contributed by atoms with Crippen LogP contribution >= 0.6 is 0 Å². The van der Waals surface area contributed by atoms with E-state index < -0.39 is 0 Å². The van der Waals surface area contributed by atoms with Crippen molar-refractivity contribution in [2.24, 2.45) is 0 Å². The molecule has 0 N–H and O–H groups in total. The van der Waals surface area contributed by atoms with Crippen molar-refractivity contribution < 1.29 is 0 Å². The molecule has 0 amide bonds. The smallest absolute Gasteiger partial charge is 0.0462 e. The van der Waals surface area contributed by atoms with E-state index in [0.717, 1.165) is 17.1 Å². The van der Waals surface area contributed by atoms with Crippen molar-refractivity contribution in [2.45, 2.75) is 0 Å². The summed E-state index contributed by atoms with van der Waals surface area (Å²) in [6, 6.07) is 84.8. The summed E-state index contributed by atoms with van der Waals surface area (Å²) in [5, 5.41) is 0. The first kappa shape index (κ1) is 33.6. The van der Waals surface area contributed by atoms with Gasteiger partial charge in [-0.3, -0.25) is 0 Å². The molecule has 0 atom stereocenters. The van der Waals surface area contributed by atoms with Crippen molar-refractivity contribution in [1.82, 2.24) is 0 Å². The van der Waals surface area contributed by atoms with Crippen LogP contribution in [0.5, 0.6) is 0 Å². The molecule has 0 bridgehead atoms. The van der Waals surface area contributed by atoms with E-state index >= 15 is 0 Å². The van der Waals surface area contributed by atoms with Crippen LogP contribution in [0.15, 0.2) is 237 Å². The van der Waals surface area contributed by atoms with Gasteiger partial charge in [-0.1, -0.05) is 200 Å². The third-order valence-electron chi connectivity index (χ3n) is 10.3. The fourth-order valence-electron chi connectivity index (χ4n) is 7.62. The predicted molar refractivity (Wildman–Crippen MR) is 234 cm³/mol. The second-order valence-corrected chi connectivity index (χ2v) is 13.7. The van der Waals surface area contributed by atoms with Gasteiger partial charge in [0.15, 0.2) is 0 Å². The van der Waals surface area contributed by atoms with Gasteiger partial charge < -0.3 is 4.90 Å². The van der Waals surface area contributed by atoms with Crippen LogP contribution in [-0.4, -0.2) is 0 Å². The van der Waals surface area contributed by atoms with Crippen LogP contribution in [0.1, 0.15) is 0 Å². The first-order valence-corrected chi connectivity index (χ1v) is 18.8. The average molecular weight is 702 g/mol. The molecule has 0 aliphatic carbocycles. The Morgan fingerprint density at radius 1 is 0.164 bits per heavy atom. The molecule has 9 rings (SSSR count). The maximum atomic E-state index is 2.35. The Kier molecular flexibility index (Phi) is 9.41. The highest BCUT2D eigenvalue weighted by molar-refractivity contribution is 5.92. The zero-order valence-corrected chi connectivity index (χ0v) is 30.5. The molecule has 0 aliphatic rings. The maximum Gasteiger partial charge on any atom is 0.0462 e. The molecular formula is C54H39N. The summed E-state index contributed by atoms with van der Waals surface area (Å²) in [5.74, 6) is 0. The minimum atomic E-state index is 1.09. The molecule has 0 saturated heterocycles. The van der Waals surface area contributed by atoms with Gasteiger partial charge in [0.25, 0.3) is 0 Å². The first-order chi connectivity index (χ1) is 27.3. The summed E-state index contributed by atoms with van der Waals surface area (Å²) in [7, 11) is 0. The summed E-state index contributed by atoms with van der Waals surface area (Å²) in [6.45, 7) is 0. The fourth-order valence-corrected chi connectivity index (χ4v) is 7.62. The number of hydrogen-bond acceptors (Lipinski definition) is 1. The van der Waals surface area contributed by atoms with Crippen molar-refractivity contribution in [2.75, 3.05) is 4.90 Å². The van der Waals surface area contributed by atoms with Gasteiger partial charge in [-0.15, -0.1) is 0 Å². The molecule has 0 aliphatic heterocycles. The van der Waals surface area contributed by atoms with E-state index in [2.05, 4.69) is 241 Å². The molecule has 0 radical (unpaired) electrons. The highest BCUT2D eigenvalue weighted by Crippen LogP contribution is 2.41. The lowest BCUT2D eigenvalue weighted by Crippen LogP contribution is -2.09. The monoisotopic (exact) mass is 701 g/mol. The van der Waals surface area contributed by atoms with Gasteiger partial charge in [-0.25, -0.2) is 0 Å². The summed E-state index contributed by atoms with van der Waals surface area (Å²) < 4.78 is 0. The quantitative estimate of drug-likeness (QED) is 0.145. The molecule has 0 saturated carbocycles. The predicted octanol–water partition coefficient (Wildman–Crippen LogP) is 15.2. The van der Waals surface area contributed by atoms with Crippen molar-refractivity contribution in [1.29, 1.82) is 0 Å². The van der Waals surface area contributed by atoms with E-state index in [9.17, 15) is 0 Å². The van der Waals surface area contributed by atoms with Crippen LogP contribution in [0.3, 0.4) is 0 Å². The third kappa shape index (κ3) is 7.00. The highest BCUT2D eigenvalue weighted by Gasteiger charge is 2.16. The van der Waals surface area contributed by atoms with E-state index in [1.165, 1.54) is 66.8 Å². The Labute approximate surface area is 324 Å². The van der Waals surface area contributed by atoms with E-state index in [1.807, 2.05) is 0 Å². The molecule has 260 valence electrons. The normalized spacial score (nSPS) is 10.9. The Balaban J connectivity index is 1.10. The summed E-state index contributed by atoms with van der Waals surface area (Å²) in [5.41, 5.74) is 17.8. The van der Waals surface area contributed by atoms with Gasteiger partial charge in [0.1, 0.15) is 0 Å². The molecule has 9 aromatic rings. The molecule has 0 aromatic heterocycles. The van der Waals surface area contributed by atoms with Crippen molar-refractivity contribution >= 4 is 17.1 Å². The molecule has 55 heavy (non-hydrogen) atoms. The lowest BCUT2D eigenvalue weighted by Gasteiger charge is -2.26. The zero-order valence-electron chi connectivity index (χ0n) is 30.5. The average Bonchev–Trinajstić information content (AvgIpc) is 3.28. The third-order valence-corrected chi connectivity index (χ3v) is 10.3.